The summed E-state index contributed by atoms with van der Waals surface area (Å²) in [6.45, 7) is -0.314. The lowest BCUT2D eigenvalue weighted by molar-refractivity contribution is -0.196. The second-order valence-electron chi connectivity index (χ2n) is 5.07. The van der Waals surface area contributed by atoms with Crippen LogP contribution < -0.4 is 0 Å². The van der Waals surface area contributed by atoms with Gasteiger partial charge in [0.15, 0.2) is 0 Å². The molecule has 0 fully saturated rings. The van der Waals surface area contributed by atoms with Crippen LogP contribution in [0.25, 0.3) is 0 Å². The predicted molar refractivity (Wildman–Crippen MR) is 85.3 cm³/mol. The summed E-state index contributed by atoms with van der Waals surface area (Å²) in [7, 11) is 0. The number of hydrogen-bond donors (Lipinski definition) is 1. The van der Waals surface area contributed by atoms with Crippen LogP contribution in [-0.2, 0) is 27.5 Å². The molecule has 0 radical (unpaired) electrons. The van der Waals surface area contributed by atoms with Crippen LogP contribution in [0.5, 0.6) is 0 Å². The van der Waals surface area contributed by atoms with Crippen LogP contribution in [0.4, 0.5) is 0 Å². The maximum atomic E-state index is 12.2. The normalized spacial score (nSPS) is 10.3. The third-order valence-corrected chi connectivity index (χ3v) is 3.26. The summed E-state index contributed by atoms with van der Waals surface area (Å²) in [5, 5.41) is 9.87. The Morgan fingerprint density at radius 1 is 0.913 bits per heavy atom. The second kappa shape index (κ2) is 8.70. The van der Waals surface area contributed by atoms with Gasteiger partial charge in [-0.2, -0.15) is 0 Å². The Kier molecular flexibility index (Phi) is 6.32. The molecule has 5 heteroatoms. The quantitative estimate of drug-likeness (QED) is 0.761. The molecule has 0 aliphatic rings. The van der Waals surface area contributed by atoms with Crippen molar-refractivity contribution in [3.8, 4) is 0 Å². The van der Waals surface area contributed by atoms with Gasteiger partial charge in [-0.1, -0.05) is 60.7 Å². The Morgan fingerprint density at radius 2 is 1.48 bits per heavy atom. The summed E-state index contributed by atoms with van der Waals surface area (Å²) in [6.07, 6.45) is 0.747. The average Bonchev–Trinajstić information content (AvgIpc) is 2.58. The lowest BCUT2D eigenvalue weighted by atomic mass is 10.1. The third kappa shape index (κ3) is 5.92. The summed E-state index contributed by atoms with van der Waals surface area (Å²) in [5.41, 5.74) is 1.90. The highest BCUT2D eigenvalue weighted by molar-refractivity contribution is 5.80. The highest BCUT2D eigenvalue weighted by Crippen LogP contribution is 2.08. The highest BCUT2D eigenvalue weighted by Gasteiger charge is 2.17. The fraction of sp³-hybridized carbons (Fsp3) is 0.222. The number of carbonyl (C=O) groups excluding carboxylic acids is 1. The Balaban J connectivity index is 1.91. The minimum absolute atomic E-state index is 0.158. The average molecular weight is 313 g/mol. The van der Waals surface area contributed by atoms with Crippen molar-refractivity contribution in [1.29, 1.82) is 0 Å². The van der Waals surface area contributed by atoms with E-state index in [9.17, 15) is 9.59 Å². The first kappa shape index (κ1) is 16.7. The van der Waals surface area contributed by atoms with Crippen LogP contribution in [0, 0.1) is 0 Å². The van der Waals surface area contributed by atoms with Crippen LogP contribution in [-0.4, -0.2) is 28.6 Å². The highest BCUT2D eigenvalue weighted by atomic mass is 16.7. The molecule has 0 unspecified atom stereocenters. The van der Waals surface area contributed by atoms with E-state index in [0.29, 0.717) is 6.42 Å². The van der Waals surface area contributed by atoms with Gasteiger partial charge in [-0.05, 0) is 17.5 Å². The zero-order valence-corrected chi connectivity index (χ0v) is 12.7. The molecule has 0 aliphatic heterocycles. The van der Waals surface area contributed by atoms with E-state index in [1.54, 1.807) is 0 Å². The van der Waals surface area contributed by atoms with Crippen molar-refractivity contribution in [2.75, 3.05) is 6.54 Å². The van der Waals surface area contributed by atoms with E-state index in [4.69, 9.17) is 9.94 Å². The molecule has 2 rings (SSSR count). The van der Waals surface area contributed by atoms with Gasteiger partial charge in [0.2, 0.25) is 5.91 Å². The number of carboxylic acid groups (broad SMARTS) is 1. The van der Waals surface area contributed by atoms with Gasteiger partial charge in [-0.15, -0.1) is 0 Å². The number of rotatable bonds is 8. The van der Waals surface area contributed by atoms with E-state index in [1.807, 2.05) is 60.7 Å². The Morgan fingerprint density at radius 3 is 2.04 bits per heavy atom. The SMILES string of the molecule is O=C(O)CN(OCc1ccccc1)C(=O)CCc1ccccc1. The Bertz CT molecular complexity index is 628. The summed E-state index contributed by atoms with van der Waals surface area (Å²) >= 11 is 0. The van der Waals surface area contributed by atoms with Crippen molar-refractivity contribution in [3.63, 3.8) is 0 Å². The lowest BCUT2D eigenvalue weighted by Gasteiger charge is -2.20. The van der Waals surface area contributed by atoms with Crippen molar-refractivity contribution in [2.45, 2.75) is 19.4 Å². The molecule has 23 heavy (non-hydrogen) atoms. The number of nitrogens with zero attached hydrogens (tertiary/aromatic N) is 1. The molecular formula is C18H19NO4. The molecule has 0 aliphatic carbocycles. The van der Waals surface area contributed by atoms with Gasteiger partial charge in [0.1, 0.15) is 13.2 Å². The van der Waals surface area contributed by atoms with Gasteiger partial charge in [-0.3, -0.25) is 14.4 Å². The summed E-state index contributed by atoms with van der Waals surface area (Å²) in [4.78, 5) is 28.5. The standard InChI is InChI=1S/C18H19NO4/c20-17(12-11-15-7-3-1-4-8-15)19(13-18(21)22)23-14-16-9-5-2-6-10-16/h1-10H,11-14H2,(H,21,22). The topological polar surface area (TPSA) is 66.8 Å². The molecule has 1 amide bonds. The van der Waals surface area contributed by atoms with Gasteiger partial charge in [-0.25, -0.2) is 5.06 Å². The van der Waals surface area contributed by atoms with Crippen molar-refractivity contribution in [3.05, 3.63) is 71.8 Å². The first-order valence-corrected chi connectivity index (χ1v) is 7.38. The molecule has 0 bridgehead atoms. The fourth-order valence-corrected chi connectivity index (χ4v) is 2.08. The minimum Gasteiger partial charge on any atom is -0.480 e. The lowest BCUT2D eigenvalue weighted by Crippen LogP contribution is -2.35. The molecule has 0 spiro atoms. The molecule has 2 aromatic carbocycles. The van der Waals surface area contributed by atoms with Crippen LogP contribution >= 0.6 is 0 Å². The maximum Gasteiger partial charge on any atom is 0.325 e. The van der Waals surface area contributed by atoms with Crippen LogP contribution in [0.1, 0.15) is 17.5 Å². The smallest absolute Gasteiger partial charge is 0.325 e. The molecule has 0 saturated carbocycles. The van der Waals surface area contributed by atoms with Crippen molar-refractivity contribution < 1.29 is 19.5 Å². The summed E-state index contributed by atoms with van der Waals surface area (Å²) in [5.74, 6) is -1.45. The van der Waals surface area contributed by atoms with Crippen molar-refractivity contribution in [2.24, 2.45) is 0 Å². The molecule has 0 aromatic heterocycles. The molecule has 5 nitrogen and oxygen atoms in total. The monoisotopic (exact) mass is 313 g/mol. The summed E-state index contributed by atoms with van der Waals surface area (Å²) < 4.78 is 0. The van der Waals surface area contributed by atoms with Gasteiger partial charge in [0, 0.05) is 6.42 Å². The molecule has 1 N–H and O–H groups in total. The van der Waals surface area contributed by atoms with E-state index in [1.165, 1.54) is 0 Å². The van der Waals surface area contributed by atoms with Crippen molar-refractivity contribution >= 4 is 11.9 Å². The Hall–Kier alpha value is -2.66. The first-order valence-electron chi connectivity index (χ1n) is 7.38. The first-order chi connectivity index (χ1) is 11.1. The zero-order chi connectivity index (χ0) is 16.5. The molecule has 120 valence electrons. The van der Waals surface area contributed by atoms with Gasteiger partial charge >= 0.3 is 5.97 Å². The third-order valence-electron chi connectivity index (χ3n) is 3.26. The number of carboxylic acids is 1. The molecule has 0 heterocycles. The molecule has 0 atom stereocenters. The van der Waals surface area contributed by atoms with E-state index in [2.05, 4.69) is 0 Å². The van der Waals surface area contributed by atoms with Crippen molar-refractivity contribution in [1.82, 2.24) is 5.06 Å². The number of carbonyl (C=O) groups is 2. The Labute approximate surface area is 135 Å². The number of hydrogen-bond acceptors (Lipinski definition) is 3. The molecule has 0 saturated heterocycles. The molecule has 2 aromatic rings. The number of amides is 1. The number of aliphatic carboxylic acids is 1. The molecular weight excluding hydrogens is 294 g/mol. The van der Waals surface area contributed by atoms with Crippen LogP contribution in [0.3, 0.4) is 0 Å². The minimum atomic E-state index is -1.11. The van der Waals surface area contributed by atoms with E-state index >= 15 is 0 Å². The number of benzene rings is 2. The predicted octanol–water partition coefficient (Wildman–Crippen LogP) is 2.66. The number of hydroxylamine groups is 2. The zero-order valence-electron chi connectivity index (χ0n) is 12.7. The van der Waals surface area contributed by atoms with Gasteiger partial charge in [0.05, 0.1) is 0 Å². The summed E-state index contributed by atoms with van der Waals surface area (Å²) in [6, 6.07) is 18.9. The van der Waals surface area contributed by atoms with E-state index in [-0.39, 0.29) is 18.9 Å². The van der Waals surface area contributed by atoms with Crippen LogP contribution in [0.2, 0.25) is 0 Å². The largest absolute Gasteiger partial charge is 0.480 e. The van der Waals surface area contributed by atoms with Crippen LogP contribution in [0.15, 0.2) is 60.7 Å². The second-order valence-corrected chi connectivity index (χ2v) is 5.07. The maximum absolute atomic E-state index is 12.2. The van der Waals surface area contributed by atoms with Gasteiger partial charge in [0.25, 0.3) is 0 Å². The van der Waals surface area contributed by atoms with E-state index < -0.39 is 12.5 Å². The number of aryl methyl sites for hydroxylation is 1. The van der Waals surface area contributed by atoms with E-state index in [0.717, 1.165) is 16.2 Å². The van der Waals surface area contributed by atoms with Gasteiger partial charge < -0.3 is 5.11 Å². The fourth-order valence-electron chi connectivity index (χ4n) is 2.08.